The van der Waals surface area contributed by atoms with Crippen LogP contribution in [0.25, 0.3) is 0 Å². The average Bonchev–Trinajstić information content (AvgIpc) is 2.06. The molecule has 1 heterocycles. The second-order valence-electron chi connectivity index (χ2n) is 1.82. The van der Waals surface area contributed by atoms with Crippen LogP contribution in [0.5, 0.6) is 5.88 Å². The SMILES string of the molecule is COc1ncccc1NC=S. The number of hydrogen-bond donors (Lipinski definition) is 1. The molecule has 0 aliphatic heterocycles. The van der Waals surface area contributed by atoms with Crippen molar-refractivity contribution in [2.75, 3.05) is 12.4 Å². The van der Waals surface area contributed by atoms with E-state index in [1.54, 1.807) is 13.3 Å². The van der Waals surface area contributed by atoms with Crippen molar-refractivity contribution < 1.29 is 4.74 Å². The van der Waals surface area contributed by atoms with Crippen LogP contribution in [0.1, 0.15) is 0 Å². The number of rotatable bonds is 3. The molecule has 11 heavy (non-hydrogen) atoms. The molecule has 0 radical (unpaired) electrons. The van der Waals surface area contributed by atoms with Gasteiger partial charge in [0.15, 0.2) is 0 Å². The highest BCUT2D eigenvalue weighted by atomic mass is 32.1. The number of methoxy groups -OCH3 is 1. The number of hydrogen-bond acceptors (Lipinski definition) is 3. The lowest BCUT2D eigenvalue weighted by Gasteiger charge is -2.03. The minimum Gasteiger partial charge on any atom is -0.480 e. The quantitative estimate of drug-likeness (QED) is 0.693. The number of anilines is 1. The number of pyridine rings is 1. The molecule has 3 nitrogen and oxygen atoms in total. The van der Waals surface area contributed by atoms with Crippen LogP contribution in [0.15, 0.2) is 18.3 Å². The first kappa shape index (κ1) is 7.94. The molecule has 0 saturated heterocycles. The van der Waals surface area contributed by atoms with Crippen LogP contribution in [0, 0.1) is 0 Å². The summed E-state index contributed by atoms with van der Waals surface area (Å²) < 4.78 is 4.96. The second kappa shape index (κ2) is 3.88. The fraction of sp³-hybridized carbons (Fsp3) is 0.143. The number of nitrogens with zero attached hydrogens (tertiary/aromatic N) is 1. The molecule has 0 aliphatic carbocycles. The van der Waals surface area contributed by atoms with Crippen LogP contribution in [-0.4, -0.2) is 17.6 Å². The molecule has 1 aromatic heterocycles. The van der Waals surface area contributed by atoms with Crippen molar-refractivity contribution >= 4 is 23.4 Å². The predicted molar refractivity (Wildman–Crippen MR) is 48.1 cm³/mol. The predicted octanol–water partition coefficient (Wildman–Crippen LogP) is 1.46. The second-order valence-corrected chi connectivity index (χ2v) is 2.06. The summed E-state index contributed by atoms with van der Waals surface area (Å²) in [4.78, 5) is 3.96. The summed E-state index contributed by atoms with van der Waals surface area (Å²) in [5, 5.41) is 2.83. The fourth-order valence-electron chi connectivity index (χ4n) is 0.727. The molecule has 0 aromatic carbocycles. The van der Waals surface area contributed by atoms with Crippen LogP contribution in [0.4, 0.5) is 5.69 Å². The van der Waals surface area contributed by atoms with Gasteiger partial charge >= 0.3 is 0 Å². The highest BCUT2D eigenvalue weighted by molar-refractivity contribution is 7.79. The van der Waals surface area contributed by atoms with E-state index in [9.17, 15) is 0 Å². The monoisotopic (exact) mass is 168 g/mol. The summed E-state index contributed by atoms with van der Waals surface area (Å²) in [6, 6.07) is 3.65. The smallest absolute Gasteiger partial charge is 0.237 e. The molecule has 0 amide bonds. The highest BCUT2D eigenvalue weighted by Gasteiger charge is 1.98. The van der Waals surface area contributed by atoms with E-state index in [1.165, 1.54) is 5.49 Å². The van der Waals surface area contributed by atoms with Gasteiger partial charge < -0.3 is 10.1 Å². The molecule has 0 aliphatic rings. The Morgan fingerprint density at radius 3 is 3.18 bits per heavy atom. The van der Waals surface area contributed by atoms with Crippen molar-refractivity contribution in [3.05, 3.63) is 18.3 Å². The minimum atomic E-state index is 0.550. The molecule has 0 atom stereocenters. The van der Waals surface area contributed by atoms with E-state index in [0.717, 1.165) is 5.69 Å². The first-order valence-corrected chi connectivity index (χ1v) is 3.55. The van der Waals surface area contributed by atoms with Crippen molar-refractivity contribution in [3.63, 3.8) is 0 Å². The first-order valence-electron chi connectivity index (χ1n) is 3.07. The van der Waals surface area contributed by atoms with Gasteiger partial charge in [0.2, 0.25) is 5.88 Å². The molecule has 0 unspecified atom stereocenters. The normalized spacial score (nSPS) is 8.82. The summed E-state index contributed by atoms with van der Waals surface area (Å²) >= 11 is 4.62. The Kier molecular flexibility index (Phi) is 2.80. The lowest BCUT2D eigenvalue weighted by Crippen LogP contribution is -1.97. The van der Waals surface area contributed by atoms with Crippen molar-refractivity contribution in [1.29, 1.82) is 0 Å². The Morgan fingerprint density at radius 1 is 1.73 bits per heavy atom. The number of thiocarbonyl (C=S) groups is 1. The molecule has 58 valence electrons. The topological polar surface area (TPSA) is 34.1 Å². The van der Waals surface area contributed by atoms with Crippen LogP contribution < -0.4 is 10.1 Å². The van der Waals surface area contributed by atoms with E-state index < -0.39 is 0 Å². The maximum Gasteiger partial charge on any atom is 0.237 e. The van der Waals surface area contributed by atoms with Gasteiger partial charge in [-0.3, -0.25) is 0 Å². The zero-order valence-electron chi connectivity index (χ0n) is 6.07. The molecule has 4 heteroatoms. The minimum absolute atomic E-state index is 0.550. The standard InChI is InChI=1S/C7H8N2OS/c1-10-7-6(9-5-11)3-2-4-8-7/h2-5H,1H3,(H,9,11). The summed E-state index contributed by atoms with van der Waals surface area (Å²) in [7, 11) is 1.57. The van der Waals surface area contributed by atoms with Crippen LogP contribution in [-0.2, 0) is 0 Å². The van der Waals surface area contributed by atoms with Crippen molar-refractivity contribution in [3.8, 4) is 5.88 Å². The van der Waals surface area contributed by atoms with Gasteiger partial charge in [0.05, 0.1) is 12.6 Å². The number of ether oxygens (including phenoxy) is 1. The van der Waals surface area contributed by atoms with Gasteiger partial charge in [-0.05, 0) is 12.1 Å². The van der Waals surface area contributed by atoms with Crippen LogP contribution in [0.3, 0.4) is 0 Å². The molecule has 0 saturated carbocycles. The Morgan fingerprint density at radius 2 is 2.55 bits per heavy atom. The van der Waals surface area contributed by atoms with Gasteiger partial charge in [0, 0.05) is 6.20 Å². The first-order chi connectivity index (χ1) is 5.38. The average molecular weight is 168 g/mol. The Labute approximate surface area is 70.4 Å². The molecule has 1 N–H and O–H groups in total. The van der Waals surface area contributed by atoms with E-state index in [1.807, 2.05) is 12.1 Å². The Bertz CT molecular complexity index is 252. The van der Waals surface area contributed by atoms with Gasteiger partial charge in [-0.25, -0.2) is 4.98 Å². The van der Waals surface area contributed by atoms with Crippen LogP contribution in [0.2, 0.25) is 0 Å². The highest BCUT2D eigenvalue weighted by Crippen LogP contribution is 2.18. The summed E-state index contributed by atoms with van der Waals surface area (Å²) in [5.74, 6) is 0.550. The molecule has 0 spiro atoms. The summed E-state index contributed by atoms with van der Waals surface area (Å²) in [6.45, 7) is 0. The third kappa shape index (κ3) is 1.88. The molecular weight excluding hydrogens is 160 g/mol. The summed E-state index contributed by atoms with van der Waals surface area (Å²) in [6.07, 6.45) is 1.66. The van der Waals surface area contributed by atoms with E-state index in [-0.39, 0.29) is 0 Å². The number of aromatic nitrogens is 1. The van der Waals surface area contributed by atoms with Crippen molar-refractivity contribution in [2.24, 2.45) is 0 Å². The van der Waals surface area contributed by atoms with Gasteiger partial charge in [0.1, 0.15) is 5.69 Å². The van der Waals surface area contributed by atoms with Crippen molar-refractivity contribution in [1.82, 2.24) is 4.98 Å². The van der Waals surface area contributed by atoms with E-state index in [0.29, 0.717) is 5.88 Å². The third-order valence-electron chi connectivity index (χ3n) is 1.18. The van der Waals surface area contributed by atoms with Gasteiger partial charge in [-0.2, -0.15) is 0 Å². The molecule has 0 bridgehead atoms. The van der Waals surface area contributed by atoms with Gasteiger partial charge in [-0.15, -0.1) is 0 Å². The zero-order valence-corrected chi connectivity index (χ0v) is 6.89. The lowest BCUT2D eigenvalue weighted by molar-refractivity contribution is 0.400. The third-order valence-corrected chi connectivity index (χ3v) is 1.30. The van der Waals surface area contributed by atoms with Crippen LogP contribution >= 0.6 is 12.2 Å². The summed E-state index contributed by atoms with van der Waals surface area (Å²) in [5.41, 5.74) is 2.20. The Hall–Kier alpha value is -1.16. The number of nitrogens with one attached hydrogen (secondary N) is 1. The fourth-order valence-corrected chi connectivity index (χ4v) is 0.854. The van der Waals surface area contributed by atoms with E-state index in [2.05, 4.69) is 22.5 Å². The van der Waals surface area contributed by atoms with Gasteiger partial charge in [-0.1, -0.05) is 12.2 Å². The largest absolute Gasteiger partial charge is 0.480 e. The maximum atomic E-state index is 4.96. The Balaban J connectivity index is 2.92. The maximum absolute atomic E-state index is 4.96. The molecule has 1 aromatic rings. The molecule has 1 rings (SSSR count). The lowest BCUT2D eigenvalue weighted by atomic mass is 10.4. The zero-order chi connectivity index (χ0) is 8.10. The molecule has 0 fully saturated rings. The van der Waals surface area contributed by atoms with Crippen molar-refractivity contribution in [2.45, 2.75) is 0 Å². The molecular formula is C7H8N2OS. The van der Waals surface area contributed by atoms with E-state index >= 15 is 0 Å². The van der Waals surface area contributed by atoms with E-state index in [4.69, 9.17) is 4.74 Å². The van der Waals surface area contributed by atoms with Gasteiger partial charge in [0.25, 0.3) is 0 Å².